The largest absolute Gasteiger partial charge is 0.385 e. The number of nitrogens with two attached hydrogens (primary N) is 1. The maximum Gasteiger partial charge on any atom is 0.0645 e. The van der Waals surface area contributed by atoms with Crippen LogP contribution in [0.3, 0.4) is 0 Å². The number of para-hydroxylation sites is 1. The van der Waals surface area contributed by atoms with E-state index in [-0.39, 0.29) is 6.04 Å². The second-order valence-electron chi connectivity index (χ2n) is 4.30. The van der Waals surface area contributed by atoms with Gasteiger partial charge in [-0.25, -0.2) is 4.68 Å². The van der Waals surface area contributed by atoms with E-state index in [4.69, 9.17) is 10.5 Å². The van der Waals surface area contributed by atoms with Crippen molar-refractivity contribution in [3.63, 3.8) is 0 Å². The molecule has 0 saturated heterocycles. The number of aromatic nitrogens is 2. The van der Waals surface area contributed by atoms with Crippen molar-refractivity contribution in [1.82, 2.24) is 9.78 Å². The maximum absolute atomic E-state index is 6.12. The number of methoxy groups -OCH3 is 1. The zero-order chi connectivity index (χ0) is 12.8. The van der Waals surface area contributed by atoms with Gasteiger partial charge in [0.2, 0.25) is 0 Å². The fourth-order valence-corrected chi connectivity index (χ4v) is 1.86. The van der Waals surface area contributed by atoms with Crippen molar-refractivity contribution in [3.8, 4) is 5.69 Å². The zero-order valence-corrected chi connectivity index (χ0v) is 10.6. The molecule has 2 aromatic rings. The minimum absolute atomic E-state index is 0.0256. The molecule has 0 aliphatic carbocycles. The van der Waals surface area contributed by atoms with Gasteiger partial charge in [-0.1, -0.05) is 18.2 Å². The first-order valence-electron chi connectivity index (χ1n) is 6.16. The third kappa shape index (κ3) is 3.18. The van der Waals surface area contributed by atoms with Crippen LogP contribution in [0, 0.1) is 0 Å². The van der Waals surface area contributed by atoms with Gasteiger partial charge in [-0.3, -0.25) is 0 Å². The Bertz CT molecular complexity index is 467. The van der Waals surface area contributed by atoms with Crippen molar-refractivity contribution < 1.29 is 4.74 Å². The van der Waals surface area contributed by atoms with Crippen LogP contribution in [0.5, 0.6) is 0 Å². The second kappa shape index (κ2) is 6.33. The molecule has 1 aromatic carbocycles. The van der Waals surface area contributed by atoms with E-state index >= 15 is 0 Å². The van der Waals surface area contributed by atoms with E-state index in [1.165, 1.54) is 0 Å². The lowest BCUT2D eigenvalue weighted by atomic mass is 10.1. The standard InChI is InChI=1S/C14H19N3O/c1-18-9-5-8-14(15)12-10-16-17(11-12)13-6-3-2-4-7-13/h2-4,6-7,10-11,14H,5,8-9,15H2,1H3. The molecular weight excluding hydrogens is 226 g/mol. The van der Waals surface area contributed by atoms with Gasteiger partial charge >= 0.3 is 0 Å². The molecule has 0 spiro atoms. The van der Waals surface area contributed by atoms with Crippen LogP contribution in [0.4, 0.5) is 0 Å². The molecule has 0 aliphatic rings. The van der Waals surface area contributed by atoms with E-state index in [1.807, 2.05) is 47.4 Å². The quantitative estimate of drug-likeness (QED) is 0.794. The number of rotatable bonds is 6. The van der Waals surface area contributed by atoms with Gasteiger partial charge in [-0.05, 0) is 25.0 Å². The Hall–Kier alpha value is -1.65. The van der Waals surface area contributed by atoms with Crippen LogP contribution in [-0.2, 0) is 4.74 Å². The summed E-state index contributed by atoms with van der Waals surface area (Å²) in [6.07, 6.45) is 5.71. The minimum atomic E-state index is 0.0256. The van der Waals surface area contributed by atoms with E-state index in [0.717, 1.165) is 30.7 Å². The van der Waals surface area contributed by atoms with E-state index < -0.39 is 0 Å². The first-order valence-corrected chi connectivity index (χ1v) is 6.16. The Morgan fingerprint density at radius 1 is 1.33 bits per heavy atom. The van der Waals surface area contributed by atoms with Crippen molar-refractivity contribution in [3.05, 3.63) is 48.3 Å². The molecule has 0 amide bonds. The highest BCUT2D eigenvalue weighted by Crippen LogP contribution is 2.16. The van der Waals surface area contributed by atoms with Gasteiger partial charge in [0.25, 0.3) is 0 Å². The van der Waals surface area contributed by atoms with Crippen LogP contribution in [0.15, 0.2) is 42.7 Å². The van der Waals surface area contributed by atoms with Gasteiger partial charge in [0.15, 0.2) is 0 Å². The fraction of sp³-hybridized carbons (Fsp3) is 0.357. The summed E-state index contributed by atoms with van der Waals surface area (Å²) in [5, 5.41) is 4.34. The van der Waals surface area contributed by atoms with Crippen LogP contribution in [0.1, 0.15) is 24.4 Å². The van der Waals surface area contributed by atoms with Crippen molar-refractivity contribution >= 4 is 0 Å². The van der Waals surface area contributed by atoms with E-state index in [2.05, 4.69) is 5.10 Å². The molecule has 4 nitrogen and oxygen atoms in total. The highest BCUT2D eigenvalue weighted by molar-refractivity contribution is 5.31. The molecule has 1 atom stereocenters. The number of hydrogen-bond donors (Lipinski definition) is 1. The van der Waals surface area contributed by atoms with Crippen molar-refractivity contribution in [1.29, 1.82) is 0 Å². The highest BCUT2D eigenvalue weighted by Gasteiger charge is 2.08. The van der Waals surface area contributed by atoms with Gasteiger partial charge in [0, 0.05) is 31.5 Å². The Morgan fingerprint density at radius 2 is 2.11 bits per heavy atom. The van der Waals surface area contributed by atoms with E-state index in [0.29, 0.717) is 0 Å². The lowest BCUT2D eigenvalue weighted by Gasteiger charge is -2.08. The molecule has 2 N–H and O–H groups in total. The van der Waals surface area contributed by atoms with Crippen LogP contribution in [-0.4, -0.2) is 23.5 Å². The summed E-state index contributed by atoms with van der Waals surface area (Å²) >= 11 is 0. The predicted molar refractivity (Wildman–Crippen MR) is 71.6 cm³/mol. The molecule has 0 fully saturated rings. The summed E-state index contributed by atoms with van der Waals surface area (Å²) in [5.41, 5.74) is 8.23. The molecule has 2 rings (SSSR count). The summed E-state index contributed by atoms with van der Waals surface area (Å²) in [6, 6.07) is 10.0. The Labute approximate surface area is 107 Å². The van der Waals surface area contributed by atoms with Gasteiger partial charge in [0.1, 0.15) is 0 Å². The van der Waals surface area contributed by atoms with E-state index in [9.17, 15) is 0 Å². The highest BCUT2D eigenvalue weighted by atomic mass is 16.5. The summed E-state index contributed by atoms with van der Waals surface area (Å²) in [5.74, 6) is 0. The predicted octanol–water partition coefficient (Wildman–Crippen LogP) is 2.30. The molecule has 0 aliphatic heterocycles. The molecule has 1 unspecified atom stereocenters. The van der Waals surface area contributed by atoms with Crippen molar-refractivity contribution in [2.45, 2.75) is 18.9 Å². The topological polar surface area (TPSA) is 53.1 Å². The summed E-state index contributed by atoms with van der Waals surface area (Å²) in [7, 11) is 1.71. The third-order valence-electron chi connectivity index (χ3n) is 2.92. The molecular formula is C14H19N3O. The van der Waals surface area contributed by atoms with Gasteiger partial charge in [-0.2, -0.15) is 5.10 Å². The molecule has 0 bridgehead atoms. The van der Waals surface area contributed by atoms with Crippen LogP contribution in [0.25, 0.3) is 5.69 Å². The lowest BCUT2D eigenvalue weighted by Crippen LogP contribution is -2.10. The Morgan fingerprint density at radius 3 is 2.83 bits per heavy atom. The fourth-order valence-electron chi connectivity index (χ4n) is 1.86. The molecule has 96 valence electrons. The van der Waals surface area contributed by atoms with Gasteiger partial charge in [0.05, 0.1) is 11.9 Å². The summed E-state index contributed by atoms with van der Waals surface area (Å²) < 4.78 is 6.88. The minimum Gasteiger partial charge on any atom is -0.385 e. The van der Waals surface area contributed by atoms with Gasteiger partial charge in [-0.15, -0.1) is 0 Å². The molecule has 1 aromatic heterocycles. The molecule has 0 radical (unpaired) electrons. The monoisotopic (exact) mass is 245 g/mol. The molecule has 1 heterocycles. The van der Waals surface area contributed by atoms with Crippen LogP contribution < -0.4 is 5.73 Å². The lowest BCUT2D eigenvalue weighted by molar-refractivity contribution is 0.190. The first-order chi connectivity index (χ1) is 8.81. The summed E-state index contributed by atoms with van der Waals surface area (Å²) in [6.45, 7) is 0.751. The van der Waals surface area contributed by atoms with Crippen LogP contribution >= 0.6 is 0 Å². The van der Waals surface area contributed by atoms with Crippen LogP contribution in [0.2, 0.25) is 0 Å². The SMILES string of the molecule is COCCCC(N)c1cnn(-c2ccccc2)c1. The summed E-state index contributed by atoms with van der Waals surface area (Å²) in [4.78, 5) is 0. The number of nitrogens with zero attached hydrogens (tertiary/aromatic N) is 2. The Kier molecular flexibility index (Phi) is 4.50. The number of benzene rings is 1. The first kappa shape index (κ1) is 12.8. The normalized spacial score (nSPS) is 12.6. The maximum atomic E-state index is 6.12. The second-order valence-corrected chi connectivity index (χ2v) is 4.30. The van der Waals surface area contributed by atoms with Crippen molar-refractivity contribution in [2.24, 2.45) is 5.73 Å². The molecule has 18 heavy (non-hydrogen) atoms. The van der Waals surface area contributed by atoms with E-state index in [1.54, 1.807) is 7.11 Å². The van der Waals surface area contributed by atoms with Crippen molar-refractivity contribution in [2.75, 3.05) is 13.7 Å². The number of hydrogen-bond acceptors (Lipinski definition) is 3. The number of ether oxygens (including phenoxy) is 1. The molecule has 0 saturated carbocycles. The molecule has 4 heteroatoms. The Balaban J connectivity index is 2.02. The van der Waals surface area contributed by atoms with Gasteiger partial charge < -0.3 is 10.5 Å². The average Bonchev–Trinajstić information content (AvgIpc) is 2.89. The third-order valence-corrected chi connectivity index (χ3v) is 2.92. The smallest absolute Gasteiger partial charge is 0.0645 e. The zero-order valence-electron chi connectivity index (χ0n) is 10.6. The average molecular weight is 245 g/mol.